The number of nitrogens with one attached hydrogen (secondary N) is 1. The molecule has 0 spiro atoms. The van der Waals surface area contributed by atoms with Crippen LogP contribution in [0.25, 0.3) is 0 Å². The number of rotatable bonds is 6. The van der Waals surface area contributed by atoms with Crippen LogP contribution in [0.2, 0.25) is 0 Å². The molecule has 0 aromatic heterocycles. The van der Waals surface area contributed by atoms with Gasteiger partial charge in [0.1, 0.15) is 0 Å². The third-order valence-corrected chi connectivity index (χ3v) is 5.31. The Kier molecular flexibility index (Phi) is 6.26. The van der Waals surface area contributed by atoms with E-state index in [0.717, 1.165) is 6.54 Å². The first-order valence-corrected chi connectivity index (χ1v) is 8.20. The summed E-state index contributed by atoms with van der Waals surface area (Å²) in [5.74, 6) is 0.717. The SMILES string of the molecule is CCNC(c1c(C)c(C)c(C)c(C)c1C)C(CC)CC. The third kappa shape index (κ3) is 3.09. The summed E-state index contributed by atoms with van der Waals surface area (Å²) in [5, 5.41) is 3.76. The molecular weight excluding hydrogens is 242 g/mol. The van der Waals surface area contributed by atoms with Crippen molar-refractivity contribution in [1.82, 2.24) is 5.32 Å². The zero-order valence-corrected chi connectivity index (χ0v) is 14.8. The first-order chi connectivity index (χ1) is 9.40. The molecule has 1 unspecified atom stereocenters. The molecule has 1 aromatic carbocycles. The summed E-state index contributed by atoms with van der Waals surface area (Å²) in [7, 11) is 0. The summed E-state index contributed by atoms with van der Waals surface area (Å²) in [4.78, 5) is 0. The fraction of sp³-hybridized carbons (Fsp3) is 0.684. The predicted molar refractivity (Wildman–Crippen MR) is 90.6 cm³/mol. The van der Waals surface area contributed by atoms with E-state index in [9.17, 15) is 0 Å². The lowest BCUT2D eigenvalue weighted by molar-refractivity contribution is 0.344. The smallest absolute Gasteiger partial charge is 0.0353 e. The molecule has 0 aliphatic rings. The van der Waals surface area contributed by atoms with Gasteiger partial charge in [0.25, 0.3) is 0 Å². The number of hydrogen-bond donors (Lipinski definition) is 1. The highest BCUT2D eigenvalue weighted by molar-refractivity contribution is 5.50. The zero-order chi connectivity index (χ0) is 15.4. The standard InChI is InChI=1S/C19H33N/c1-9-17(10-2)19(20-11-3)18-15(7)13(5)12(4)14(6)16(18)8/h17,19-20H,9-11H2,1-8H3. The van der Waals surface area contributed by atoms with Crippen molar-refractivity contribution in [1.29, 1.82) is 0 Å². The summed E-state index contributed by atoms with van der Waals surface area (Å²) >= 11 is 0. The van der Waals surface area contributed by atoms with E-state index in [1.54, 1.807) is 5.56 Å². The van der Waals surface area contributed by atoms with Gasteiger partial charge in [0.05, 0.1) is 0 Å². The van der Waals surface area contributed by atoms with Crippen LogP contribution in [-0.2, 0) is 0 Å². The second kappa shape index (κ2) is 7.26. The molecule has 0 heterocycles. The minimum atomic E-state index is 0.494. The fourth-order valence-corrected chi connectivity index (χ4v) is 3.48. The van der Waals surface area contributed by atoms with Crippen LogP contribution >= 0.6 is 0 Å². The lowest BCUT2D eigenvalue weighted by Gasteiger charge is -2.31. The van der Waals surface area contributed by atoms with Gasteiger partial charge in [-0.2, -0.15) is 0 Å². The van der Waals surface area contributed by atoms with Crippen molar-refractivity contribution >= 4 is 0 Å². The minimum Gasteiger partial charge on any atom is -0.310 e. The molecule has 0 saturated carbocycles. The van der Waals surface area contributed by atoms with Crippen molar-refractivity contribution < 1.29 is 0 Å². The average molecular weight is 275 g/mol. The van der Waals surface area contributed by atoms with E-state index in [0.29, 0.717) is 12.0 Å². The molecule has 1 aromatic rings. The van der Waals surface area contributed by atoms with Gasteiger partial charge in [-0.05, 0) is 80.5 Å². The highest BCUT2D eigenvalue weighted by Gasteiger charge is 2.25. The highest BCUT2D eigenvalue weighted by atomic mass is 14.9. The molecule has 0 aliphatic heterocycles. The quantitative estimate of drug-likeness (QED) is 0.741. The maximum Gasteiger partial charge on any atom is 0.0353 e. The largest absolute Gasteiger partial charge is 0.310 e. The van der Waals surface area contributed by atoms with Gasteiger partial charge < -0.3 is 5.32 Å². The lowest BCUT2D eigenvalue weighted by atomic mass is 9.80. The van der Waals surface area contributed by atoms with Crippen molar-refractivity contribution in [2.75, 3.05) is 6.54 Å². The van der Waals surface area contributed by atoms with Gasteiger partial charge in [-0.1, -0.05) is 33.6 Å². The van der Waals surface area contributed by atoms with Gasteiger partial charge in [-0.3, -0.25) is 0 Å². The molecule has 0 radical (unpaired) electrons. The summed E-state index contributed by atoms with van der Waals surface area (Å²) in [5.41, 5.74) is 8.94. The van der Waals surface area contributed by atoms with Crippen LogP contribution in [0.1, 0.15) is 73.0 Å². The first kappa shape index (κ1) is 17.2. The van der Waals surface area contributed by atoms with Crippen LogP contribution in [0.5, 0.6) is 0 Å². The minimum absolute atomic E-state index is 0.494. The monoisotopic (exact) mass is 275 g/mol. The maximum absolute atomic E-state index is 3.76. The third-order valence-electron chi connectivity index (χ3n) is 5.31. The first-order valence-electron chi connectivity index (χ1n) is 8.20. The highest BCUT2D eigenvalue weighted by Crippen LogP contribution is 2.36. The predicted octanol–water partition coefficient (Wildman–Crippen LogP) is 5.32. The Morgan fingerprint density at radius 1 is 0.700 bits per heavy atom. The van der Waals surface area contributed by atoms with E-state index >= 15 is 0 Å². The number of benzene rings is 1. The maximum atomic E-state index is 3.76. The van der Waals surface area contributed by atoms with Gasteiger partial charge in [-0.15, -0.1) is 0 Å². The van der Waals surface area contributed by atoms with Crippen molar-refractivity contribution in [2.45, 2.75) is 74.3 Å². The molecule has 1 N–H and O–H groups in total. The molecule has 20 heavy (non-hydrogen) atoms. The van der Waals surface area contributed by atoms with Gasteiger partial charge in [0.2, 0.25) is 0 Å². The van der Waals surface area contributed by atoms with Crippen molar-refractivity contribution in [2.24, 2.45) is 5.92 Å². The Hall–Kier alpha value is -0.820. The normalized spacial score (nSPS) is 13.1. The van der Waals surface area contributed by atoms with Crippen LogP contribution in [0.15, 0.2) is 0 Å². The van der Waals surface area contributed by atoms with E-state index in [1.807, 2.05) is 0 Å². The van der Waals surface area contributed by atoms with Crippen molar-refractivity contribution in [3.63, 3.8) is 0 Å². The molecule has 0 saturated heterocycles. The van der Waals surface area contributed by atoms with Crippen LogP contribution in [0.3, 0.4) is 0 Å². The molecule has 1 nitrogen and oxygen atoms in total. The molecule has 0 amide bonds. The molecule has 0 aliphatic carbocycles. The zero-order valence-electron chi connectivity index (χ0n) is 14.8. The Morgan fingerprint density at radius 3 is 1.45 bits per heavy atom. The fourth-order valence-electron chi connectivity index (χ4n) is 3.48. The van der Waals surface area contributed by atoms with Gasteiger partial charge in [-0.25, -0.2) is 0 Å². The molecule has 0 bridgehead atoms. The molecule has 1 heteroatoms. The molecule has 1 rings (SSSR count). The Balaban J connectivity index is 3.48. The Bertz CT molecular complexity index is 426. The summed E-state index contributed by atoms with van der Waals surface area (Å²) in [6.07, 6.45) is 2.47. The van der Waals surface area contributed by atoms with E-state index in [-0.39, 0.29) is 0 Å². The van der Waals surface area contributed by atoms with Crippen LogP contribution in [-0.4, -0.2) is 6.54 Å². The molecule has 114 valence electrons. The summed E-state index contributed by atoms with van der Waals surface area (Å²) < 4.78 is 0. The van der Waals surface area contributed by atoms with E-state index < -0.39 is 0 Å². The second-order valence-electron chi connectivity index (χ2n) is 6.15. The van der Waals surface area contributed by atoms with Crippen LogP contribution in [0, 0.1) is 40.5 Å². The molecule has 0 fully saturated rings. The summed E-state index contributed by atoms with van der Waals surface area (Å²) in [6, 6.07) is 0.494. The second-order valence-corrected chi connectivity index (χ2v) is 6.15. The summed E-state index contributed by atoms with van der Waals surface area (Å²) in [6.45, 7) is 19.3. The Morgan fingerprint density at radius 2 is 1.10 bits per heavy atom. The van der Waals surface area contributed by atoms with Crippen LogP contribution in [0.4, 0.5) is 0 Å². The number of hydrogen-bond acceptors (Lipinski definition) is 1. The van der Waals surface area contributed by atoms with Gasteiger partial charge in [0.15, 0.2) is 0 Å². The Labute approximate surface area is 126 Å². The lowest BCUT2D eigenvalue weighted by Crippen LogP contribution is -2.29. The van der Waals surface area contributed by atoms with Crippen molar-refractivity contribution in [3.8, 4) is 0 Å². The van der Waals surface area contributed by atoms with E-state index in [1.165, 1.54) is 40.7 Å². The average Bonchev–Trinajstić information content (AvgIpc) is 2.44. The van der Waals surface area contributed by atoms with Gasteiger partial charge >= 0.3 is 0 Å². The van der Waals surface area contributed by atoms with Crippen LogP contribution < -0.4 is 5.32 Å². The molecule has 1 atom stereocenters. The van der Waals surface area contributed by atoms with Gasteiger partial charge in [0, 0.05) is 6.04 Å². The topological polar surface area (TPSA) is 12.0 Å². The van der Waals surface area contributed by atoms with E-state index in [4.69, 9.17) is 0 Å². The molecular formula is C19H33N. The van der Waals surface area contributed by atoms with E-state index in [2.05, 4.69) is 60.7 Å². The van der Waals surface area contributed by atoms with Crippen molar-refractivity contribution in [3.05, 3.63) is 33.4 Å².